The van der Waals surface area contributed by atoms with E-state index in [2.05, 4.69) is 22.5 Å². The van der Waals surface area contributed by atoms with Crippen LogP contribution in [0.5, 0.6) is 0 Å². The predicted octanol–water partition coefficient (Wildman–Crippen LogP) is 1.78. The molecule has 130 valence electrons. The van der Waals surface area contributed by atoms with Crippen molar-refractivity contribution in [3.63, 3.8) is 0 Å². The summed E-state index contributed by atoms with van der Waals surface area (Å²) in [6, 6.07) is 9.95. The van der Waals surface area contributed by atoms with Gasteiger partial charge in [0.2, 0.25) is 5.91 Å². The Kier molecular flexibility index (Phi) is 3.63. The van der Waals surface area contributed by atoms with Crippen LogP contribution in [0.2, 0.25) is 0 Å². The molecular formula is C19H22N4O2. The number of nitrogens with one attached hydrogen (secondary N) is 1. The summed E-state index contributed by atoms with van der Waals surface area (Å²) in [6.45, 7) is 4.94. The Balaban J connectivity index is 1.63. The van der Waals surface area contributed by atoms with Crippen LogP contribution >= 0.6 is 0 Å². The number of likely N-dealkylation sites (tertiary alicyclic amines) is 1. The summed E-state index contributed by atoms with van der Waals surface area (Å²) >= 11 is 0. The minimum atomic E-state index is -0.162. The molecule has 2 aliphatic rings. The summed E-state index contributed by atoms with van der Waals surface area (Å²) in [4.78, 5) is 26.4. The van der Waals surface area contributed by atoms with Crippen LogP contribution in [0.1, 0.15) is 46.2 Å². The van der Waals surface area contributed by atoms with Crippen LogP contribution in [0.4, 0.5) is 0 Å². The van der Waals surface area contributed by atoms with Crippen LogP contribution in [0, 0.1) is 12.8 Å². The third kappa shape index (κ3) is 2.52. The molecule has 6 heteroatoms. The summed E-state index contributed by atoms with van der Waals surface area (Å²) in [5.74, 6) is 0.439. The second-order valence-corrected chi connectivity index (χ2v) is 7.07. The molecule has 1 fully saturated rings. The summed E-state index contributed by atoms with van der Waals surface area (Å²) in [7, 11) is 1.83. The van der Waals surface area contributed by atoms with Crippen LogP contribution in [-0.2, 0) is 11.8 Å². The Morgan fingerprint density at radius 3 is 2.56 bits per heavy atom. The molecular weight excluding hydrogens is 316 g/mol. The van der Waals surface area contributed by atoms with E-state index in [1.165, 1.54) is 11.1 Å². The van der Waals surface area contributed by atoms with Gasteiger partial charge in [0.1, 0.15) is 5.69 Å². The Bertz CT molecular complexity index is 837. The van der Waals surface area contributed by atoms with Gasteiger partial charge in [-0.2, -0.15) is 5.10 Å². The number of amides is 2. The molecule has 1 aliphatic heterocycles. The molecule has 1 saturated heterocycles. The van der Waals surface area contributed by atoms with Gasteiger partial charge in [-0.05, 0) is 24.1 Å². The number of rotatable bonds is 2. The molecule has 3 atom stereocenters. The lowest BCUT2D eigenvalue weighted by molar-refractivity contribution is -0.128. The van der Waals surface area contributed by atoms with Gasteiger partial charge in [-0.3, -0.25) is 14.3 Å². The molecule has 2 amide bonds. The van der Waals surface area contributed by atoms with E-state index in [1.54, 1.807) is 17.7 Å². The molecule has 2 heterocycles. The second kappa shape index (κ2) is 5.72. The van der Waals surface area contributed by atoms with Gasteiger partial charge >= 0.3 is 0 Å². The van der Waals surface area contributed by atoms with Gasteiger partial charge in [0, 0.05) is 44.6 Å². The van der Waals surface area contributed by atoms with E-state index in [4.69, 9.17) is 0 Å². The first-order valence-corrected chi connectivity index (χ1v) is 8.61. The summed E-state index contributed by atoms with van der Waals surface area (Å²) < 4.78 is 1.70. The zero-order chi connectivity index (χ0) is 17.7. The number of nitrogens with zero attached hydrogens (tertiary/aromatic N) is 3. The van der Waals surface area contributed by atoms with Crippen molar-refractivity contribution in [3.8, 4) is 0 Å². The summed E-state index contributed by atoms with van der Waals surface area (Å²) in [5, 5.41) is 7.45. The molecule has 1 aromatic carbocycles. The highest BCUT2D eigenvalue weighted by molar-refractivity contribution is 5.92. The minimum absolute atomic E-state index is 0.0830. The minimum Gasteiger partial charge on any atom is -0.343 e. The quantitative estimate of drug-likeness (QED) is 0.907. The Morgan fingerprint density at radius 1 is 1.20 bits per heavy atom. The topological polar surface area (TPSA) is 67.2 Å². The highest BCUT2D eigenvalue weighted by atomic mass is 16.2. The first-order chi connectivity index (χ1) is 12.0. The van der Waals surface area contributed by atoms with E-state index < -0.39 is 0 Å². The lowest BCUT2D eigenvalue weighted by atomic mass is 9.94. The monoisotopic (exact) mass is 338 g/mol. The molecule has 1 aliphatic carbocycles. The van der Waals surface area contributed by atoms with Crippen molar-refractivity contribution in [2.75, 3.05) is 13.1 Å². The largest absolute Gasteiger partial charge is 0.343 e. The van der Waals surface area contributed by atoms with E-state index in [-0.39, 0.29) is 29.7 Å². The van der Waals surface area contributed by atoms with Crippen LogP contribution < -0.4 is 5.32 Å². The molecule has 0 spiro atoms. The smallest absolute Gasteiger partial charge is 0.272 e. The van der Waals surface area contributed by atoms with Crippen LogP contribution in [0.3, 0.4) is 0 Å². The Hall–Kier alpha value is -2.63. The molecule has 0 unspecified atom stereocenters. The fourth-order valence-electron chi connectivity index (χ4n) is 4.19. The molecule has 1 N–H and O–H groups in total. The zero-order valence-corrected chi connectivity index (χ0v) is 14.7. The van der Waals surface area contributed by atoms with E-state index in [9.17, 15) is 9.59 Å². The van der Waals surface area contributed by atoms with Crippen molar-refractivity contribution in [3.05, 3.63) is 52.8 Å². The van der Waals surface area contributed by atoms with Crippen molar-refractivity contribution in [2.24, 2.45) is 13.0 Å². The molecule has 25 heavy (non-hydrogen) atoms. The summed E-state index contributed by atoms with van der Waals surface area (Å²) in [5.41, 5.74) is 3.79. The second-order valence-electron chi connectivity index (χ2n) is 7.07. The van der Waals surface area contributed by atoms with Gasteiger partial charge < -0.3 is 10.2 Å². The molecule has 2 aromatic rings. The molecule has 6 nitrogen and oxygen atoms in total. The van der Waals surface area contributed by atoms with Crippen molar-refractivity contribution in [1.29, 1.82) is 0 Å². The average Bonchev–Trinajstić information content (AvgIpc) is 3.23. The number of hydrogen-bond donors (Lipinski definition) is 1. The molecule has 0 bridgehead atoms. The van der Waals surface area contributed by atoms with Gasteiger partial charge in [0.15, 0.2) is 0 Å². The predicted molar refractivity (Wildman–Crippen MR) is 93.1 cm³/mol. The maximum absolute atomic E-state index is 12.7. The highest BCUT2D eigenvalue weighted by Crippen LogP contribution is 2.49. The number of carbonyl (C=O) groups excluding carboxylic acids is 2. The third-order valence-electron chi connectivity index (χ3n) is 5.60. The number of fused-ring (bicyclic) bond motifs is 3. The first-order valence-electron chi connectivity index (χ1n) is 8.61. The maximum atomic E-state index is 12.7. The van der Waals surface area contributed by atoms with Crippen molar-refractivity contribution < 1.29 is 9.59 Å². The first kappa shape index (κ1) is 15.9. The molecule has 0 saturated carbocycles. The van der Waals surface area contributed by atoms with Crippen molar-refractivity contribution >= 4 is 11.8 Å². The van der Waals surface area contributed by atoms with Gasteiger partial charge in [-0.25, -0.2) is 0 Å². The number of hydrogen-bond acceptors (Lipinski definition) is 3. The van der Waals surface area contributed by atoms with E-state index >= 15 is 0 Å². The van der Waals surface area contributed by atoms with Gasteiger partial charge in [-0.1, -0.05) is 24.3 Å². The van der Waals surface area contributed by atoms with Gasteiger partial charge in [-0.15, -0.1) is 0 Å². The van der Waals surface area contributed by atoms with Gasteiger partial charge in [0.25, 0.3) is 5.91 Å². The molecule has 0 radical (unpaired) electrons. The third-order valence-corrected chi connectivity index (χ3v) is 5.60. The van der Waals surface area contributed by atoms with E-state index in [1.807, 2.05) is 31.0 Å². The van der Waals surface area contributed by atoms with E-state index in [0.717, 1.165) is 12.2 Å². The van der Waals surface area contributed by atoms with Crippen LogP contribution in [0.15, 0.2) is 30.3 Å². The van der Waals surface area contributed by atoms with Crippen molar-refractivity contribution in [2.45, 2.75) is 25.8 Å². The van der Waals surface area contributed by atoms with Crippen LogP contribution in [0.25, 0.3) is 0 Å². The normalized spacial score (nSPS) is 24.1. The zero-order valence-electron chi connectivity index (χ0n) is 14.7. The Labute approximate surface area is 146 Å². The number of aromatic nitrogens is 2. The highest BCUT2D eigenvalue weighted by Gasteiger charge is 2.47. The lowest BCUT2D eigenvalue weighted by Gasteiger charge is -2.22. The average molecular weight is 338 g/mol. The lowest BCUT2D eigenvalue weighted by Crippen LogP contribution is -2.34. The van der Waals surface area contributed by atoms with Crippen molar-refractivity contribution in [1.82, 2.24) is 20.0 Å². The Morgan fingerprint density at radius 2 is 1.92 bits per heavy atom. The number of aryl methyl sites for hydroxylation is 2. The molecule has 1 aromatic heterocycles. The maximum Gasteiger partial charge on any atom is 0.272 e. The fourth-order valence-corrected chi connectivity index (χ4v) is 4.19. The fraction of sp³-hybridized carbons (Fsp3) is 0.421. The van der Waals surface area contributed by atoms with E-state index in [0.29, 0.717) is 12.2 Å². The number of benzene rings is 1. The SMILES string of the molecule is CC(=O)N1C[C@H]2[C@@H](C1)c1ccccc1[C@@H]2NC(=O)c1cc(C)n(C)n1. The van der Waals surface area contributed by atoms with Crippen LogP contribution in [-0.4, -0.2) is 39.6 Å². The number of carbonyl (C=O) groups is 2. The summed E-state index contributed by atoms with van der Waals surface area (Å²) in [6.07, 6.45) is 0. The van der Waals surface area contributed by atoms with Gasteiger partial charge in [0.05, 0.1) is 6.04 Å². The standard InChI is InChI=1S/C19H22N4O2/c1-11-8-17(21-22(11)3)19(25)20-18-14-7-5-4-6-13(14)15-9-23(12(2)24)10-16(15)18/h4-8,15-16,18H,9-10H2,1-3H3,(H,20,25)/t15-,16-,18-/m0/s1. The molecule has 4 rings (SSSR count).